The molecule has 5 heteroatoms. The van der Waals surface area contributed by atoms with Crippen molar-refractivity contribution in [1.82, 2.24) is 9.97 Å². The summed E-state index contributed by atoms with van der Waals surface area (Å²) in [5.74, 6) is 0.495. The summed E-state index contributed by atoms with van der Waals surface area (Å²) in [4.78, 5) is 18.9. The highest BCUT2D eigenvalue weighted by atomic mass is 16.3. The molecule has 3 N–H and O–H groups in total. The number of rotatable bonds is 1. The fourth-order valence-corrected chi connectivity index (χ4v) is 1.92. The zero-order valence-electron chi connectivity index (χ0n) is 9.79. The molecule has 0 saturated carbocycles. The molecule has 0 amide bonds. The van der Waals surface area contributed by atoms with Crippen LogP contribution in [0.2, 0.25) is 0 Å². The molecule has 0 atom stereocenters. The molecule has 0 saturated heterocycles. The number of hydrogen-bond donors (Lipinski definition) is 3. The van der Waals surface area contributed by atoms with Crippen LogP contribution in [-0.2, 0) is 0 Å². The molecule has 0 aliphatic heterocycles. The molecule has 1 heterocycles. The lowest BCUT2D eigenvalue weighted by molar-refractivity contribution is 0.475. The van der Waals surface area contributed by atoms with Crippen molar-refractivity contribution in [3.8, 4) is 22.9 Å². The quantitative estimate of drug-likeness (QED) is 0.620. The highest BCUT2D eigenvalue weighted by Crippen LogP contribution is 2.21. The van der Waals surface area contributed by atoms with E-state index in [4.69, 9.17) is 0 Å². The van der Waals surface area contributed by atoms with E-state index in [1.807, 2.05) is 0 Å². The van der Waals surface area contributed by atoms with Gasteiger partial charge in [-0.2, -0.15) is 0 Å². The van der Waals surface area contributed by atoms with E-state index in [-0.39, 0.29) is 17.1 Å². The van der Waals surface area contributed by atoms with Crippen molar-refractivity contribution >= 4 is 10.9 Å². The molecule has 19 heavy (non-hydrogen) atoms. The Labute approximate surface area is 107 Å². The predicted molar refractivity (Wildman–Crippen MR) is 71.1 cm³/mol. The largest absolute Gasteiger partial charge is 0.508 e. The minimum Gasteiger partial charge on any atom is -0.508 e. The molecule has 94 valence electrons. The zero-order valence-corrected chi connectivity index (χ0v) is 9.79. The van der Waals surface area contributed by atoms with Gasteiger partial charge in [0, 0.05) is 5.56 Å². The molecule has 1 aromatic heterocycles. The van der Waals surface area contributed by atoms with E-state index in [9.17, 15) is 15.0 Å². The van der Waals surface area contributed by atoms with Gasteiger partial charge in [-0.1, -0.05) is 12.1 Å². The molecule has 0 radical (unpaired) electrons. The van der Waals surface area contributed by atoms with E-state index in [1.54, 1.807) is 24.3 Å². The standard InChI is InChI=1S/C14H10N2O3/c17-9-3-1-2-8(6-9)13-15-12-5-4-10(18)7-11(12)14(19)16-13/h1-7,17-18H,(H,15,16,19). The summed E-state index contributed by atoms with van der Waals surface area (Å²) in [6, 6.07) is 10.9. The number of nitrogens with zero attached hydrogens (tertiary/aromatic N) is 1. The first kappa shape index (κ1) is 11.3. The maximum atomic E-state index is 11.9. The van der Waals surface area contributed by atoms with E-state index in [2.05, 4.69) is 9.97 Å². The third-order valence-corrected chi connectivity index (χ3v) is 2.81. The number of aromatic hydroxyl groups is 2. The molecule has 0 spiro atoms. The first-order valence-corrected chi connectivity index (χ1v) is 5.66. The van der Waals surface area contributed by atoms with E-state index in [0.717, 1.165) is 0 Å². The summed E-state index contributed by atoms with van der Waals surface area (Å²) in [7, 11) is 0. The summed E-state index contributed by atoms with van der Waals surface area (Å²) in [6.07, 6.45) is 0. The lowest BCUT2D eigenvalue weighted by Crippen LogP contribution is -2.09. The molecule has 0 unspecified atom stereocenters. The van der Waals surface area contributed by atoms with Gasteiger partial charge in [0.25, 0.3) is 5.56 Å². The average molecular weight is 254 g/mol. The molecule has 0 bridgehead atoms. The Kier molecular flexibility index (Phi) is 2.45. The molecular weight excluding hydrogens is 244 g/mol. The summed E-state index contributed by atoms with van der Waals surface area (Å²) < 4.78 is 0. The number of benzene rings is 2. The number of phenolic OH excluding ortho intramolecular Hbond substituents is 2. The summed E-state index contributed by atoms with van der Waals surface area (Å²) in [6.45, 7) is 0. The molecule has 3 rings (SSSR count). The monoisotopic (exact) mass is 254 g/mol. The Morgan fingerprint density at radius 2 is 1.79 bits per heavy atom. The van der Waals surface area contributed by atoms with Crippen molar-refractivity contribution in [3.05, 3.63) is 52.8 Å². The van der Waals surface area contributed by atoms with Crippen molar-refractivity contribution in [3.63, 3.8) is 0 Å². The summed E-state index contributed by atoms with van der Waals surface area (Å²) >= 11 is 0. The molecule has 3 aromatic rings. The van der Waals surface area contributed by atoms with Crippen LogP contribution in [0, 0.1) is 0 Å². The minimum absolute atomic E-state index is 0.0184. The number of fused-ring (bicyclic) bond motifs is 1. The lowest BCUT2D eigenvalue weighted by atomic mass is 10.2. The second kappa shape index (κ2) is 4.13. The van der Waals surface area contributed by atoms with Crippen LogP contribution in [0.15, 0.2) is 47.3 Å². The van der Waals surface area contributed by atoms with E-state index < -0.39 is 0 Å². The van der Waals surface area contributed by atoms with Crippen molar-refractivity contribution in [2.45, 2.75) is 0 Å². The van der Waals surface area contributed by atoms with Crippen LogP contribution in [0.5, 0.6) is 11.5 Å². The van der Waals surface area contributed by atoms with Crippen LogP contribution >= 0.6 is 0 Å². The summed E-state index contributed by atoms with van der Waals surface area (Å²) in [5.41, 5.74) is 0.770. The SMILES string of the molecule is O=c1[nH]c(-c2cccc(O)c2)nc2ccc(O)cc12. The number of nitrogens with one attached hydrogen (secondary N) is 1. The zero-order chi connectivity index (χ0) is 13.4. The normalized spacial score (nSPS) is 10.7. The highest BCUT2D eigenvalue weighted by molar-refractivity contribution is 5.80. The number of phenols is 2. The lowest BCUT2D eigenvalue weighted by Gasteiger charge is -2.04. The van der Waals surface area contributed by atoms with Gasteiger partial charge in [0.05, 0.1) is 10.9 Å². The van der Waals surface area contributed by atoms with Gasteiger partial charge in [0.2, 0.25) is 0 Å². The minimum atomic E-state index is -0.334. The molecule has 0 aliphatic carbocycles. The highest BCUT2D eigenvalue weighted by Gasteiger charge is 2.07. The van der Waals surface area contributed by atoms with Crippen molar-refractivity contribution in [1.29, 1.82) is 0 Å². The fraction of sp³-hybridized carbons (Fsp3) is 0. The first-order chi connectivity index (χ1) is 9.13. The second-order valence-corrected chi connectivity index (χ2v) is 4.17. The number of hydrogen-bond acceptors (Lipinski definition) is 4. The van der Waals surface area contributed by atoms with E-state index >= 15 is 0 Å². The molecule has 2 aromatic carbocycles. The van der Waals surface area contributed by atoms with Gasteiger partial charge < -0.3 is 15.2 Å². The maximum absolute atomic E-state index is 11.9. The smallest absolute Gasteiger partial charge is 0.259 e. The predicted octanol–water partition coefficient (Wildman–Crippen LogP) is 2.00. The Bertz CT molecular complexity index is 824. The third kappa shape index (κ3) is 2.01. The number of aromatic amines is 1. The molecule has 0 fully saturated rings. The van der Waals surface area contributed by atoms with Crippen LogP contribution in [0.3, 0.4) is 0 Å². The van der Waals surface area contributed by atoms with Crippen LogP contribution in [0.25, 0.3) is 22.3 Å². The average Bonchev–Trinajstić information content (AvgIpc) is 2.39. The third-order valence-electron chi connectivity index (χ3n) is 2.81. The van der Waals surface area contributed by atoms with E-state index in [1.165, 1.54) is 18.2 Å². The fourth-order valence-electron chi connectivity index (χ4n) is 1.92. The van der Waals surface area contributed by atoms with Gasteiger partial charge in [0.1, 0.15) is 17.3 Å². The maximum Gasteiger partial charge on any atom is 0.259 e. The van der Waals surface area contributed by atoms with Crippen LogP contribution in [0.4, 0.5) is 0 Å². The van der Waals surface area contributed by atoms with Gasteiger partial charge in [-0.3, -0.25) is 4.79 Å². The van der Waals surface area contributed by atoms with Crippen LogP contribution in [-0.4, -0.2) is 20.2 Å². The van der Waals surface area contributed by atoms with Crippen molar-refractivity contribution in [2.75, 3.05) is 0 Å². The van der Waals surface area contributed by atoms with Crippen LogP contribution in [0.1, 0.15) is 0 Å². The Hall–Kier alpha value is -2.82. The molecule has 0 aliphatic rings. The van der Waals surface area contributed by atoms with Gasteiger partial charge in [0.15, 0.2) is 0 Å². The first-order valence-electron chi connectivity index (χ1n) is 5.66. The second-order valence-electron chi connectivity index (χ2n) is 4.17. The molecule has 5 nitrogen and oxygen atoms in total. The van der Waals surface area contributed by atoms with Gasteiger partial charge in [-0.25, -0.2) is 4.98 Å². The molecular formula is C14H10N2O3. The van der Waals surface area contributed by atoms with Gasteiger partial charge in [-0.05, 0) is 30.3 Å². The van der Waals surface area contributed by atoms with Gasteiger partial charge in [-0.15, -0.1) is 0 Å². The Morgan fingerprint density at radius 1 is 1.00 bits per heavy atom. The van der Waals surface area contributed by atoms with Crippen LogP contribution < -0.4 is 5.56 Å². The van der Waals surface area contributed by atoms with Crippen molar-refractivity contribution < 1.29 is 10.2 Å². The Morgan fingerprint density at radius 3 is 2.58 bits per heavy atom. The van der Waals surface area contributed by atoms with Crippen molar-refractivity contribution in [2.24, 2.45) is 0 Å². The topological polar surface area (TPSA) is 86.2 Å². The summed E-state index contributed by atoms with van der Waals surface area (Å²) in [5, 5.41) is 19.1. The van der Waals surface area contributed by atoms with E-state index in [0.29, 0.717) is 22.3 Å². The number of aromatic nitrogens is 2. The van der Waals surface area contributed by atoms with Gasteiger partial charge >= 0.3 is 0 Å². The Balaban J connectivity index is 2.27. The number of H-pyrrole nitrogens is 1.